The van der Waals surface area contributed by atoms with Crippen LogP contribution in [0.25, 0.3) is 0 Å². The Labute approximate surface area is 50.6 Å². The molecule has 0 aromatic rings. The van der Waals surface area contributed by atoms with Gasteiger partial charge in [0.25, 0.3) is 0 Å². The summed E-state index contributed by atoms with van der Waals surface area (Å²) in [5.74, 6) is 0. The zero-order chi connectivity index (χ0) is 6.41. The van der Waals surface area contributed by atoms with Crippen LogP contribution in [0.4, 0.5) is 0 Å². The minimum absolute atomic E-state index is 0.145. The van der Waals surface area contributed by atoms with Crippen LogP contribution in [0.5, 0.6) is 0 Å². The van der Waals surface area contributed by atoms with E-state index in [0.717, 1.165) is 6.42 Å². The molecule has 0 aliphatic carbocycles. The second-order valence-corrected chi connectivity index (χ2v) is 1.80. The monoisotopic (exact) mass is 114 g/mol. The molecule has 2 heteroatoms. The van der Waals surface area contributed by atoms with Crippen molar-refractivity contribution in [1.29, 1.82) is 0 Å². The van der Waals surface area contributed by atoms with Gasteiger partial charge in [-0.3, -0.25) is 0 Å². The molecular weight excluding hydrogens is 100 g/mol. The Morgan fingerprint density at radius 2 is 2.25 bits per heavy atom. The Hall–Kier alpha value is -0.340. The Morgan fingerprint density at radius 3 is 2.62 bits per heavy atom. The topological polar surface area (TPSA) is 52.0 Å². The van der Waals surface area contributed by atoms with E-state index in [2.05, 4.69) is 0 Å². The molecular formula is C6H14N2. The molecule has 0 aromatic carbocycles. The highest BCUT2D eigenvalue weighted by Gasteiger charge is 1.91. The van der Waals surface area contributed by atoms with E-state index < -0.39 is 0 Å². The van der Waals surface area contributed by atoms with Gasteiger partial charge in [-0.15, -0.1) is 0 Å². The van der Waals surface area contributed by atoms with E-state index >= 15 is 0 Å². The molecule has 0 rings (SSSR count). The van der Waals surface area contributed by atoms with Gasteiger partial charge in [0.05, 0.1) is 0 Å². The van der Waals surface area contributed by atoms with Crippen molar-refractivity contribution in [2.75, 3.05) is 6.54 Å². The first-order valence-electron chi connectivity index (χ1n) is 2.88. The number of nitrogens with two attached hydrogens (primary N) is 2. The van der Waals surface area contributed by atoms with Crippen LogP contribution in [-0.2, 0) is 0 Å². The molecule has 8 heavy (non-hydrogen) atoms. The number of rotatable bonds is 3. The molecule has 0 bridgehead atoms. The molecule has 0 amide bonds. The third-order valence-corrected chi connectivity index (χ3v) is 0.977. The van der Waals surface area contributed by atoms with Crippen molar-refractivity contribution in [3.05, 3.63) is 12.2 Å². The summed E-state index contributed by atoms with van der Waals surface area (Å²) in [6, 6.07) is 0.145. The van der Waals surface area contributed by atoms with E-state index in [4.69, 9.17) is 11.5 Å². The van der Waals surface area contributed by atoms with Crippen molar-refractivity contribution < 1.29 is 0 Å². The molecule has 0 heterocycles. The van der Waals surface area contributed by atoms with Crippen molar-refractivity contribution in [3.8, 4) is 0 Å². The summed E-state index contributed by atoms with van der Waals surface area (Å²) in [6.07, 6.45) is 4.90. The van der Waals surface area contributed by atoms with Crippen LogP contribution in [0, 0.1) is 0 Å². The molecule has 1 atom stereocenters. The molecule has 4 N–H and O–H groups in total. The molecule has 0 radical (unpaired) electrons. The van der Waals surface area contributed by atoms with Crippen LogP contribution in [0.2, 0.25) is 0 Å². The lowest BCUT2D eigenvalue weighted by molar-refractivity contribution is 0.693. The SMILES string of the molecule is C/C=C/C[C@@H](N)CN. The van der Waals surface area contributed by atoms with E-state index in [0.29, 0.717) is 6.54 Å². The zero-order valence-corrected chi connectivity index (χ0v) is 5.30. The summed E-state index contributed by atoms with van der Waals surface area (Å²) >= 11 is 0. The molecule has 0 fully saturated rings. The van der Waals surface area contributed by atoms with E-state index in [-0.39, 0.29) is 6.04 Å². The predicted octanol–water partition coefficient (Wildman–Crippen LogP) is 0.239. The van der Waals surface area contributed by atoms with Gasteiger partial charge in [-0.2, -0.15) is 0 Å². The summed E-state index contributed by atoms with van der Waals surface area (Å²) in [7, 11) is 0. The normalized spacial score (nSPS) is 14.9. The lowest BCUT2D eigenvalue weighted by Gasteiger charge is -2.01. The van der Waals surface area contributed by atoms with Crippen LogP contribution >= 0.6 is 0 Å². The number of hydrogen-bond acceptors (Lipinski definition) is 2. The average Bonchev–Trinajstić information content (AvgIpc) is 1.83. The maximum atomic E-state index is 5.48. The number of hydrogen-bond donors (Lipinski definition) is 2. The average molecular weight is 114 g/mol. The molecule has 48 valence electrons. The van der Waals surface area contributed by atoms with Crippen molar-refractivity contribution in [2.45, 2.75) is 19.4 Å². The first kappa shape index (κ1) is 7.66. The van der Waals surface area contributed by atoms with Gasteiger partial charge in [-0.25, -0.2) is 0 Å². The van der Waals surface area contributed by atoms with Crippen LogP contribution in [-0.4, -0.2) is 12.6 Å². The van der Waals surface area contributed by atoms with Crippen molar-refractivity contribution in [2.24, 2.45) is 11.5 Å². The second-order valence-electron chi connectivity index (χ2n) is 1.80. The van der Waals surface area contributed by atoms with Gasteiger partial charge in [0, 0.05) is 12.6 Å². The second kappa shape index (κ2) is 4.81. The lowest BCUT2D eigenvalue weighted by Crippen LogP contribution is -2.28. The molecule has 0 aliphatic heterocycles. The van der Waals surface area contributed by atoms with Crippen LogP contribution in [0.15, 0.2) is 12.2 Å². The fourth-order valence-electron chi connectivity index (χ4n) is 0.407. The summed E-state index contributed by atoms with van der Waals surface area (Å²) in [5, 5.41) is 0. The number of allylic oxidation sites excluding steroid dienone is 1. The summed E-state index contributed by atoms with van der Waals surface area (Å²) in [4.78, 5) is 0. The van der Waals surface area contributed by atoms with Gasteiger partial charge in [0.1, 0.15) is 0 Å². The minimum atomic E-state index is 0.145. The Kier molecular flexibility index (Phi) is 4.61. The molecule has 2 nitrogen and oxygen atoms in total. The quantitative estimate of drug-likeness (QED) is 0.516. The summed E-state index contributed by atoms with van der Waals surface area (Å²) in [5.41, 5.74) is 10.7. The molecule has 0 unspecified atom stereocenters. The van der Waals surface area contributed by atoms with E-state index in [1.165, 1.54) is 0 Å². The molecule has 0 aliphatic rings. The maximum absolute atomic E-state index is 5.48. The van der Waals surface area contributed by atoms with Gasteiger partial charge in [-0.1, -0.05) is 12.2 Å². The first-order valence-corrected chi connectivity index (χ1v) is 2.88. The third kappa shape index (κ3) is 3.84. The highest BCUT2D eigenvalue weighted by molar-refractivity contribution is 4.81. The Morgan fingerprint density at radius 1 is 1.62 bits per heavy atom. The van der Waals surface area contributed by atoms with E-state index in [9.17, 15) is 0 Å². The van der Waals surface area contributed by atoms with Crippen LogP contribution < -0.4 is 11.5 Å². The maximum Gasteiger partial charge on any atom is 0.0197 e. The first-order chi connectivity index (χ1) is 3.81. The lowest BCUT2D eigenvalue weighted by atomic mass is 10.2. The van der Waals surface area contributed by atoms with Crippen LogP contribution in [0.1, 0.15) is 13.3 Å². The zero-order valence-electron chi connectivity index (χ0n) is 5.30. The molecule has 0 saturated carbocycles. The summed E-state index contributed by atoms with van der Waals surface area (Å²) < 4.78 is 0. The third-order valence-electron chi connectivity index (χ3n) is 0.977. The Balaban J connectivity index is 3.10. The van der Waals surface area contributed by atoms with Crippen molar-refractivity contribution >= 4 is 0 Å². The van der Waals surface area contributed by atoms with E-state index in [1.54, 1.807) is 0 Å². The largest absolute Gasteiger partial charge is 0.329 e. The Bertz CT molecular complexity index is 68.9. The van der Waals surface area contributed by atoms with Crippen molar-refractivity contribution in [1.82, 2.24) is 0 Å². The van der Waals surface area contributed by atoms with Gasteiger partial charge in [-0.05, 0) is 13.3 Å². The van der Waals surface area contributed by atoms with E-state index in [1.807, 2.05) is 19.1 Å². The fraction of sp³-hybridized carbons (Fsp3) is 0.667. The molecule has 0 spiro atoms. The van der Waals surface area contributed by atoms with Gasteiger partial charge in [0.2, 0.25) is 0 Å². The summed E-state index contributed by atoms with van der Waals surface area (Å²) in [6.45, 7) is 2.55. The van der Waals surface area contributed by atoms with Gasteiger partial charge < -0.3 is 11.5 Å². The standard InChI is InChI=1S/C6H14N2/c1-2-3-4-6(8)5-7/h2-3,6H,4-5,7-8H2,1H3/b3-2+/t6-/m1/s1. The smallest absolute Gasteiger partial charge is 0.0197 e. The van der Waals surface area contributed by atoms with Crippen LogP contribution in [0.3, 0.4) is 0 Å². The van der Waals surface area contributed by atoms with Gasteiger partial charge >= 0.3 is 0 Å². The fourth-order valence-corrected chi connectivity index (χ4v) is 0.407. The highest BCUT2D eigenvalue weighted by Crippen LogP contribution is 1.85. The minimum Gasteiger partial charge on any atom is -0.329 e. The predicted molar refractivity (Wildman–Crippen MR) is 36.5 cm³/mol. The highest BCUT2D eigenvalue weighted by atomic mass is 14.7. The van der Waals surface area contributed by atoms with Gasteiger partial charge in [0.15, 0.2) is 0 Å². The van der Waals surface area contributed by atoms with Crippen molar-refractivity contribution in [3.63, 3.8) is 0 Å². The molecule has 0 saturated heterocycles. The molecule has 0 aromatic heterocycles.